The van der Waals surface area contributed by atoms with Crippen molar-refractivity contribution < 1.29 is 0 Å². The number of nitrogens with zero attached hydrogens (tertiary/aromatic N) is 3. The van der Waals surface area contributed by atoms with Crippen molar-refractivity contribution in [3.8, 4) is 11.4 Å². The highest BCUT2D eigenvalue weighted by molar-refractivity contribution is 5.64. The summed E-state index contributed by atoms with van der Waals surface area (Å²) in [5.74, 6) is 0.701. The summed E-state index contributed by atoms with van der Waals surface area (Å²) in [6.45, 7) is 6.24. The molecule has 0 bridgehead atoms. The number of hydrogen-bond acceptors (Lipinski definition) is 3. The first-order chi connectivity index (χ1) is 7.18. The summed E-state index contributed by atoms with van der Waals surface area (Å²) < 4.78 is 0. The van der Waals surface area contributed by atoms with Crippen molar-refractivity contribution in [2.24, 2.45) is 0 Å². The van der Waals surface area contributed by atoms with Crippen molar-refractivity contribution in [2.75, 3.05) is 0 Å². The number of rotatable bonds is 1. The van der Waals surface area contributed by atoms with Gasteiger partial charge in [0, 0.05) is 11.8 Å². The highest BCUT2D eigenvalue weighted by Gasteiger charge is 2.08. The lowest BCUT2D eigenvalue weighted by Crippen LogP contribution is -1.96. The van der Waals surface area contributed by atoms with E-state index in [-0.39, 0.29) is 0 Å². The van der Waals surface area contributed by atoms with Crippen LogP contribution in [-0.2, 0) is 0 Å². The monoisotopic (exact) mass is 199 g/mol. The third-order valence-corrected chi connectivity index (χ3v) is 2.38. The molecule has 0 aliphatic heterocycles. The maximum absolute atomic E-state index is 4.23. The van der Waals surface area contributed by atoms with Gasteiger partial charge in [-0.05, 0) is 31.9 Å². The van der Waals surface area contributed by atoms with Crippen LogP contribution in [0.5, 0.6) is 0 Å². The van der Waals surface area contributed by atoms with Gasteiger partial charge in [0.05, 0.1) is 6.20 Å². The molecule has 0 aliphatic carbocycles. The molecule has 0 N–H and O–H groups in total. The molecule has 0 unspecified atom stereocenters. The quantitative estimate of drug-likeness (QED) is 0.708. The van der Waals surface area contributed by atoms with E-state index in [2.05, 4.69) is 48.1 Å². The van der Waals surface area contributed by atoms with Crippen LogP contribution < -0.4 is 0 Å². The molecule has 0 saturated carbocycles. The SMILES string of the molecule is Cc1cc(C)c(-c2nccnn2)c(C)c1. The fourth-order valence-electron chi connectivity index (χ4n) is 1.89. The first kappa shape index (κ1) is 9.77. The summed E-state index contributed by atoms with van der Waals surface area (Å²) in [6.07, 6.45) is 3.25. The standard InChI is InChI=1S/C12H13N3/c1-8-6-9(2)11(10(3)7-8)12-13-4-5-14-15-12/h4-7H,1-3H3. The molecule has 0 amide bonds. The van der Waals surface area contributed by atoms with Gasteiger partial charge in [0.25, 0.3) is 0 Å². The highest BCUT2D eigenvalue weighted by atomic mass is 15.1. The van der Waals surface area contributed by atoms with Gasteiger partial charge < -0.3 is 0 Å². The van der Waals surface area contributed by atoms with Gasteiger partial charge in [0.15, 0.2) is 5.82 Å². The van der Waals surface area contributed by atoms with Gasteiger partial charge in [0.2, 0.25) is 0 Å². The molecule has 1 aromatic carbocycles. The van der Waals surface area contributed by atoms with E-state index in [9.17, 15) is 0 Å². The Hall–Kier alpha value is -1.77. The van der Waals surface area contributed by atoms with Crippen LogP contribution in [0.4, 0.5) is 0 Å². The van der Waals surface area contributed by atoms with E-state index in [0.29, 0.717) is 5.82 Å². The van der Waals surface area contributed by atoms with Crippen molar-refractivity contribution in [1.82, 2.24) is 15.2 Å². The van der Waals surface area contributed by atoms with Crippen molar-refractivity contribution in [3.63, 3.8) is 0 Å². The second-order valence-electron chi connectivity index (χ2n) is 3.74. The fraction of sp³-hybridized carbons (Fsp3) is 0.250. The number of hydrogen-bond donors (Lipinski definition) is 0. The van der Waals surface area contributed by atoms with E-state index in [1.54, 1.807) is 12.4 Å². The summed E-state index contributed by atoms with van der Waals surface area (Å²) >= 11 is 0. The Bertz CT molecular complexity index is 454. The maximum atomic E-state index is 4.23. The Morgan fingerprint density at radius 3 is 2.13 bits per heavy atom. The summed E-state index contributed by atoms with van der Waals surface area (Å²) in [5.41, 5.74) is 4.74. The zero-order chi connectivity index (χ0) is 10.8. The lowest BCUT2D eigenvalue weighted by Gasteiger charge is -2.08. The Morgan fingerprint density at radius 2 is 1.60 bits per heavy atom. The van der Waals surface area contributed by atoms with Gasteiger partial charge in [-0.25, -0.2) is 4.98 Å². The Labute approximate surface area is 89.2 Å². The lowest BCUT2D eigenvalue weighted by molar-refractivity contribution is 0.975. The molecular formula is C12H13N3. The molecule has 2 rings (SSSR count). The molecule has 0 atom stereocenters. The van der Waals surface area contributed by atoms with Gasteiger partial charge in [-0.1, -0.05) is 17.7 Å². The van der Waals surface area contributed by atoms with Crippen molar-refractivity contribution >= 4 is 0 Å². The van der Waals surface area contributed by atoms with Crippen molar-refractivity contribution in [3.05, 3.63) is 41.2 Å². The second kappa shape index (κ2) is 3.77. The van der Waals surface area contributed by atoms with Gasteiger partial charge >= 0.3 is 0 Å². The van der Waals surface area contributed by atoms with Crippen molar-refractivity contribution in [1.29, 1.82) is 0 Å². The first-order valence-electron chi connectivity index (χ1n) is 4.90. The minimum atomic E-state index is 0.701. The summed E-state index contributed by atoms with van der Waals surface area (Å²) in [6, 6.07) is 4.28. The Morgan fingerprint density at radius 1 is 0.933 bits per heavy atom. The first-order valence-corrected chi connectivity index (χ1v) is 4.90. The molecule has 0 saturated heterocycles. The topological polar surface area (TPSA) is 38.7 Å². The second-order valence-corrected chi connectivity index (χ2v) is 3.74. The van der Waals surface area contributed by atoms with Crippen LogP contribution in [0.2, 0.25) is 0 Å². The van der Waals surface area contributed by atoms with E-state index in [1.807, 2.05) is 0 Å². The molecular weight excluding hydrogens is 186 g/mol. The summed E-state index contributed by atoms with van der Waals surface area (Å²) in [5, 5.41) is 7.89. The average molecular weight is 199 g/mol. The molecule has 3 nitrogen and oxygen atoms in total. The smallest absolute Gasteiger partial charge is 0.182 e. The predicted octanol–water partition coefficient (Wildman–Crippen LogP) is 2.46. The van der Waals surface area contributed by atoms with Crippen LogP contribution in [-0.4, -0.2) is 15.2 Å². The molecule has 0 radical (unpaired) electrons. The van der Waals surface area contributed by atoms with Crippen LogP contribution in [0, 0.1) is 20.8 Å². The lowest BCUT2D eigenvalue weighted by atomic mass is 9.99. The zero-order valence-corrected chi connectivity index (χ0v) is 9.15. The molecule has 1 heterocycles. The predicted molar refractivity (Wildman–Crippen MR) is 59.5 cm³/mol. The summed E-state index contributed by atoms with van der Waals surface area (Å²) in [7, 11) is 0. The van der Waals surface area contributed by atoms with Crippen LogP contribution in [0.15, 0.2) is 24.5 Å². The van der Waals surface area contributed by atoms with Gasteiger partial charge in [-0.2, -0.15) is 5.10 Å². The van der Waals surface area contributed by atoms with Gasteiger partial charge in [-0.3, -0.25) is 0 Å². The molecule has 0 aliphatic rings. The molecule has 1 aromatic heterocycles. The van der Waals surface area contributed by atoms with Gasteiger partial charge in [-0.15, -0.1) is 5.10 Å². The number of aromatic nitrogens is 3. The van der Waals surface area contributed by atoms with E-state index < -0.39 is 0 Å². The van der Waals surface area contributed by atoms with Crippen molar-refractivity contribution in [2.45, 2.75) is 20.8 Å². The molecule has 76 valence electrons. The normalized spacial score (nSPS) is 10.3. The molecule has 3 heteroatoms. The average Bonchev–Trinajstić information content (AvgIpc) is 2.17. The zero-order valence-electron chi connectivity index (χ0n) is 9.15. The number of benzene rings is 1. The maximum Gasteiger partial charge on any atom is 0.182 e. The molecule has 15 heavy (non-hydrogen) atoms. The van der Waals surface area contributed by atoms with Crippen LogP contribution >= 0.6 is 0 Å². The molecule has 0 fully saturated rings. The van der Waals surface area contributed by atoms with Crippen LogP contribution in [0.3, 0.4) is 0 Å². The third kappa shape index (κ3) is 1.86. The third-order valence-electron chi connectivity index (χ3n) is 2.38. The Balaban J connectivity index is 2.64. The van der Waals surface area contributed by atoms with Crippen LogP contribution in [0.25, 0.3) is 11.4 Å². The van der Waals surface area contributed by atoms with E-state index in [4.69, 9.17) is 0 Å². The van der Waals surface area contributed by atoms with Gasteiger partial charge in [0.1, 0.15) is 0 Å². The highest BCUT2D eigenvalue weighted by Crippen LogP contribution is 2.24. The summed E-state index contributed by atoms with van der Waals surface area (Å²) in [4.78, 5) is 4.23. The van der Waals surface area contributed by atoms with E-state index in [0.717, 1.165) is 5.56 Å². The van der Waals surface area contributed by atoms with Crippen LogP contribution in [0.1, 0.15) is 16.7 Å². The van der Waals surface area contributed by atoms with E-state index in [1.165, 1.54) is 16.7 Å². The molecule has 2 aromatic rings. The molecule has 0 spiro atoms. The largest absolute Gasteiger partial charge is 0.233 e. The number of aryl methyl sites for hydroxylation is 3. The Kier molecular flexibility index (Phi) is 2.46. The fourth-order valence-corrected chi connectivity index (χ4v) is 1.89. The minimum absolute atomic E-state index is 0.701. The van der Waals surface area contributed by atoms with E-state index >= 15 is 0 Å². The minimum Gasteiger partial charge on any atom is -0.233 e.